The van der Waals surface area contributed by atoms with Gasteiger partial charge >= 0.3 is 5.97 Å². The van der Waals surface area contributed by atoms with Crippen LogP contribution >= 0.6 is 0 Å². The maximum absolute atomic E-state index is 12.3. The molecule has 1 aliphatic rings. The van der Waals surface area contributed by atoms with Gasteiger partial charge in [-0.15, -0.1) is 0 Å². The van der Waals surface area contributed by atoms with Crippen LogP contribution in [0.2, 0.25) is 0 Å². The Balaban J connectivity index is 2.56. The number of anilines is 1. The molecule has 106 valence electrons. The number of amides is 2. The van der Waals surface area contributed by atoms with E-state index in [0.717, 1.165) is 4.90 Å². The molecule has 0 aromatic heterocycles. The van der Waals surface area contributed by atoms with Crippen LogP contribution in [0.4, 0.5) is 5.69 Å². The molecule has 0 spiro atoms. The van der Waals surface area contributed by atoms with E-state index in [-0.39, 0.29) is 17.8 Å². The van der Waals surface area contributed by atoms with Crippen molar-refractivity contribution in [3.05, 3.63) is 23.8 Å². The molecule has 0 bridgehead atoms. The number of carboxylic acids is 1. The van der Waals surface area contributed by atoms with E-state index in [2.05, 4.69) is 0 Å². The van der Waals surface area contributed by atoms with Crippen LogP contribution in [0.15, 0.2) is 18.2 Å². The molecule has 1 aromatic carbocycles. The smallest absolute Gasteiger partial charge is 0.335 e. The molecule has 2 amide bonds. The van der Waals surface area contributed by atoms with Crippen LogP contribution in [0.25, 0.3) is 0 Å². The normalized spacial score (nSPS) is 16.3. The van der Waals surface area contributed by atoms with E-state index in [9.17, 15) is 14.4 Å². The van der Waals surface area contributed by atoms with Gasteiger partial charge in [0.05, 0.1) is 11.3 Å². The Hall–Kier alpha value is -2.57. The number of aromatic carboxylic acids is 1. The molecule has 0 fully saturated rings. The minimum absolute atomic E-state index is 0.00525. The van der Waals surface area contributed by atoms with Crippen molar-refractivity contribution < 1.29 is 24.2 Å². The van der Waals surface area contributed by atoms with Crippen LogP contribution in [0, 0.1) is 0 Å². The summed E-state index contributed by atoms with van der Waals surface area (Å²) in [7, 11) is 0. The number of hydrogen-bond donors (Lipinski definition) is 2. The third kappa shape index (κ3) is 2.29. The summed E-state index contributed by atoms with van der Waals surface area (Å²) < 4.78 is 5.54. The van der Waals surface area contributed by atoms with E-state index in [4.69, 9.17) is 15.6 Å². The molecule has 0 saturated heterocycles. The van der Waals surface area contributed by atoms with Crippen LogP contribution in [0.1, 0.15) is 24.2 Å². The Kier molecular flexibility index (Phi) is 3.13. The summed E-state index contributed by atoms with van der Waals surface area (Å²) in [4.78, 5) is 35.5. The third-order valence-corrected chi connectivity index (χ3v) is 2.94. The molecule has 3 N–H and O–H groups in total. The first-order valence-electron chi connectivity index (χ1n) is 5.89. The van der Waals surface area contributed by atoms with Gasteiger partial charge in [-0.25, -0.2) is 4.79 Å². The van der Waals surface area contributed by atoms with Gasteiger partial charge < -0.3 is 15.6 Å². The lowest BCUT2D eigenvalue weighted by molar-refractivity contribution is -0.133. The molecule has 0 atom stereocenters. The number of fused-ring (bicyclic) bond motifs is 1. The van der Waals surface area contributed by atoms with Gasteiger partial charge in [0.15, 0.2) is 5.60 Å². The predicted molar refractivity (Wildman–Crippen MR) is 69.7 cm³/mol. The van der Waals surface area contributed by atoms with Crippen molar-refractivity contribution in [3.63, 3.8) is 0 Å². The number of carboxylic acid groups (broad SMARTS) is 1. The number of carbonyl (C=O) groups is 3. The van der Waals surface area contributed by atoms with E-state index in [0.29, 0.717) is 5.75 Å². The number of ether oxygens (including phenoxy) is 1. The maximum atomic E-state index is 12.3. The van der Waals surface area contributed by atoms with Crippen molar-refractivity contribution in [2.45, 2.75) is 19.4 Å². The highest BCUT2D eigenvalue weighted by atomic mass is 16.5. The average molecular weight is 278 g/mol. The summed E-state index contributed by atoms with van der Waals surface area (Å²) in [5, 5.41) is 8.99. The highest BCUT2D eigenvalue weighted by Gasteiger charge is 2.41. The first kappa shape index (κ1) is 13.9. The molecule has 1 aromatic rings. The number of benzene rings is 1. The van der Waals surface area contributed by atoms with E-state index < -0.39 is 23.4 Å². The molecule has 7 nitrogen and oxygen atoms in total. The van der Waals surface area contributed by atoms with Crippen LogP contribution in [0.5, 0.6) is 5.75 Å². The van der Waals surface area contributed by atoms with E-state index in [1.165, 1.54) is 18.2 Å². The van der Waals surface area contributed by atoms with Crippen LogP contribution < -0.4 is 15.4 Å². The number of rotatable bonds is 3. The fourth-order valence-corrected chi connectivity index (χ4v) is 2.01. The average Bonchev–Trinajstić information content (AvgIpc) is 2.33. The zero-order chi connectivity index (χ0) is 15.1. The second kappa shape index (κ2) is 4.52. The zero-order valence-electron chi connectivity index (χ0n) is 11.0. The van der Waals surface area contributed by atoms with Crippen LogP contribution in [-0.4, -0.2) is 35.0 Å². The Morgan fingerprint density at radius 3 is 2.60 bits per heavy atom. The summed E-state index contributed by atoms with van der Waals surface area (Å²) >= 11 is 0. The van der Waals surface area contributed by atoms with Crippen LogP contribution in [-0.2, 0) is 9.59 Å². The van der Waals surface area contributed by atoms with Gasteiger partial charge in [-0.1, -0.05) is 0 Å². The first-order valence-corrected chi connectivity index (χ1v) is 5.89. The van der Waals surface area contributed by atoms with Crippen molar-refractivity contribution in [2.24, 2.45) is 5.73 Å². The quantitative estimate of drug-likeness (QED) is 0.830. The molecule has 2 rings (SSSR count). The fourth-order valence-electron chi connectivity index (χ4n) is 2.01. The molecule has 20 heavy (non-hydrogen) atoms. The molecule has 0 saturated carbocycles. The summed E-state index contributed by atoms with van der Waals surface area (Å²) in [5.41, 5.74) is 4.22. The van der Waals surface area contributed by atoms with Gasteiger partial charge in [0.1, 0.15) is 12.3 Å². The third-order valence-electron chi connectivity index (χ3n) is 2.94. The Morgan fingerprint density at radius 2 is 2.05 bits per heavy atom. The molecular weight excluding hydrogens is 264 g/mol. The standard InChI is InChI=1S/C13H14N2O5/c1-13(2)12(19)15(6-10(14)16)8-5-7(11(17)18)3-4-9(8)20-13/h3-5H,6H2,1-2H3,(H2,14,16)(H,17,18). The molecule has 1 aliphatic heterocycles. The molecule has 0 aliphatic carbocycles. The molecule has 1 heterocycles. The van der Waals surface area contributed by atoms with Crippen molar-refractivity contribution >= 4 is 23.5 Å². The number of carbonyl (C=O) groups excluding carboxylic acids is 2. The number of nitrogens with zero attached hydrogens (tertiary/aromatic N) is 1. The number of nitrogens with two attached hydrogens (primary N) is 1. The lowest BCUT2D eigenvalue weighted by Gasteiger charge is -2.38. The van der Waals surface area contributed by atoms with Gasteiger partial charge in [0, 0.05) is 0 Å². The molecule has 0 unspecified atom stereocenters. The molecular formula is C13H14N2O5. The topological polar surface area (TPSA) is 110 Å². The van der Waals surface area contributed by atoms with Crippen molar-refractivity contribution in [3.8, 4) is 5.75 Å². The number of hydrogen-bond acceptors (Lipinski definition) is 4. The second-order valence-corrected chi connectivity index (χ2v) is 4.96. The Morgan fingerprint density at radius 1 is 1.40 bits per heavy atom. The van der Waals surface area contributed by atoms with Gasteiger partial charge in [0.2, 0.25) is 5.91 Å². The van der Waals surface area contributed by atoms with E-state index in [1.807, 2.05) is 0 Å². The summed E-state index contributed by atoms with van der Waals surface area (Å²) in [6.07, 6.45) is 0. The highest BCUT2D eigenvalue weighted by Crippen LogP contribution is 2.38. The van der Waals surface area contributed by atoms with Gasteiger partial charge in [-0.05, 0) is 32.0 Å². The predicted octanol–water partition coefficient (Wildman–Crippen LogP) is 0.374. The fraction of sp³-hybridized carbons (Fsp3) is 0.308. The zero-order valence-corrected chi connectivity index (χ0v) is 11.0. The lowest BCUT2D eigenvalue weighted by Crippen LogP contribution is -2.54. The van der Waals surface area contributed by atoms with E-state index in [1.54, 1.807) is 13.8 Å². The molecule has 7 heteroatoms. The van der Waals surface area contributed by atoms with Gasteiger partial charge in [0.25, 0.3) is 5.91 Å². The monoisotopic (exact) mass is 278 g/mol. The maximum Gasteiger partial charge on any atom is 0.335 e. The first-order chi connectivity index (χ1) is 9.22. The SMILES string of the molecule is CC1(C)Oc2ccc(C(=O)O)cc2N(CC(N)=O)C1=O. The minimum atomic E-state index is -1.15. The van der Waals surface area contributed by atoms with Crippen LogP contribution in [0.3, 0.4) is 0 Å². The summed E-state index contributed by atoms with van der Waals surface area (Å²) in [6, 6.07) is 4.12. The lowest BCUT2D eigenvalue weighted by atomic mass is 10.0. The Bertz CT molecular complexity index is 609. The largest absolute Gasteiger partial charge is 0.478 e. The second-order valence-electron chi connectivity index (χ2n) is 4.96. The van der Waals surface area contributed by atoms with Crippen molar-refractivity contribution in [1.82, 2.24) is 0 Å². The van der Waals surface area contributed by atoms with E-state index >= 15 is 0 Å². The summed E-state index contributed by atoms with van der Waals surface area (Å²) in [6.45, 7) is 2.80. The minimum Gasteiger partial charge on any atom is -0.478 e. The van der Waals surface area contributed by atoms with Crippen molar-refractivity contribution in [2.75, 3.05) is 11.4 Å². The number of primary amides is 1. The Labute approximate surface area is 114 Å². The van der Waals surface area contributed by atoms with Gasteiger partial charge in [-0.2, -0.15) is 0 Å². The molecule has 0 radical (unpaired) electrons. The summed E-state index contributed by atoms with van der Waals surface area (Å²) in [5.74, 6) is -1.95. The highest BCUT2D eigenvalue weighted by molar-refractivity contribution is 6.06. The van der Waals surface area contributed by atoms with Gasteiger partial charge in [-0.3, -0.25) is 14.5 Å². The van der Waals surface area contributed by atoms with Crippen molar-refractivity contribution in [1.29, 1.82) is 0 Å².